The topological polar surface area (TPSA) is 80.0 Å². The van der Waals surface area contributed by atoms with E-state index in [2.05, 4.69) is 43.2 Å². The lowest BCUT2D eigenvalue weighted by Crippen LogP contribution is -2.27. The minimum absolute atomic E-state index is 0.138. The number of phenols is 1. The number of ketones is 1. The monoisotopic (exact) mass is 584 g/mol. The number of carbonyl (C=O) groups is 1. The summed E-state index contributed by atoms with van der Waals surface area (Å²) in [4.78, 5) is 18.0. The third-order valence-corrected chi connectivity index (χ3v) is 8.47. The number of anilines is 1. The molecule has 166 valence electrons. The molecule has 2 aromatic heterocycles. The lowest BCUT2D eigenvalue weighted by Gasteiger charge is -2.33. The number of Topliss-reactive ketones (excluding diaryl/α,β-unsaturated/α-hetero) is 1. The minimum Gasteiger partial charge on any atom is -0.506 e. The number of phenolic OH excluding ortho intramolecular Hbond substituents is 1. The van der Waals surface area contributed by atoms with Gasteiger partial charge >= 0.3 is 0 Å². The Morgan fingerprint density at radius 3 is 2.70 bits per heavy atom. The van der Waals surface area contributed by atoms with Crippen LogP contribution in [-0.4, -0.2) is 25.7 Å². The van der Waals surface area contributed by atoms with Crippen LogP contribution >= 0.6 is 43.2 Å². The smallest absolute Gasteiger partial charge is 0.213 e. The van der Waals surface area contributed by atoms with Gasteiger partial charge in [-0.3, -0.25) is 4.79 Å². The van der Waals surface area contributed by atoms with Crippen LogP contribution in [0.4, 0.5) is 5.82 Å². The maximum Gasteiger partial charge on any atom is 0.213 e. The Bertz CT molecular complexity index is 1450. The van der Waals surface area contributed by atoms with E-state index in [1.165, 1.54) is 0 Å². The first kappa shape index (κ1) is 21.1. The summed E-state index contributed by atoms with van der Waals surface area (Å²) in [6.45, 7) is 1.97. The largest absolute Gasteiger partial charge is 0.506 e. The molecular weight excluding hydrogens is 568 g/mol. The zero-order valence-corrected chi connectivity index (χ0v) is 21.5. The fourth-order valence-electron chi connectivity index (χ4n) is 4.80. The van der Waals surface area contributed by atoms with E-state index >= 15 is 0 Å². The summed E-state index contributed by atoms with van der Waals surface area (Å²) in [5.74, 6) is 0.872. The molecule has 0 bridgehead atoms. The SMILES string of the molecule is Cc1nn(-c2nc3ccccc3s2)c2c1[C@@H](c1cc(Br)c(O)c(Br)c1)C1=C(CCCC1=O)N2. The van der Waals surface area contributed by atoms with Crippen LogP contribution < -0.4 is 5.32 Å². The maximum atomic E-state index is 13.2. The molecule has 0 fully saturated rings. The molecule has 0 saturated carbocycles. The molecule has 2 aliphatic rings. The van der Waals surface area contributed by atoms with Crippen LogP contribution in [0.2, 0.25) is 0 Å². The van der Waals surface area contributed by atoms with Crippen molar-refractivity contribution in [1.29, 1.82) is 0 Å². The van der Waals surface area contributed by atoms with Crippen molar-refractivity contribution in [2.75, 3.05) is 5.32 Å². The molecule has 1 atom stereocenters. The summed E-state index contributed by atoms with van der Waals surface area (Å²) in [5, 5.41) is 19.5. The average Bonchev–Trinajstić information content (AvgIpc) is 3.37. The van der Waals surface area contributed by atoms with E-state index in [9.17, 15) is 9.90 Å². The number of aryl methyl sites for hydroxylation is 1. The third kappa shape index (κ3) is 3.28. The normalized spacial score (nSPS) is 17.8. The van der Waals surface area contributed by atoms with Crippen LogP contribution in [0.3, 0.4) is 0 Å². The number of halogens is 2. The van der Waals surface area contributed by atoms with Crippen LogP contribution in [0, 0.1) is 6.92 Å². The Balaban J connectivity index is 1.60. The van der Waals surface area contributed by atoms with Gasteiger partial charge in [-0.25, -0.2) is 4.98 Å². The summed E-state index contributed by atoms with van der Waals surface area (Å²) in [7, 11) is 0. The van der Waals surface area contributed by atoms with Gasteiger partial charge in [0.25, 0.3) is 0 Å². The number of fused-ring (bicyclic) bond motifs is 2. The number of thiazole rings is 1. The van der Waals surface area contributed by atoms with Gasteiger partial charge in [-0.1, -0.05) is 23.5 Å². The standard InChI is InChI=1S/C24H18Br2N4O2S/c1-11-19-20(12-9-13(25)22(32)14(26)10-12)21-16(6-4-7-17(21)31)27-23(19)30(29-11)24-28-15-5-2-3-8-18(15)33-24/h2-3,5,8-10,20,27,32H,4,6-7H2,1H3/t20-/m1/s1. The van der Waals surface area contributed by atoms with Crippen molar-refractivity contribution >= 4 is 65.0 Å². The van der Waals surface area contributed by atoms with Gasteiger partial charge in [0.1, 0.15) is 11.6 Å². The summed E-state index contributed by atoms with van der Waals surface area (Å²) in [6.07, 6.45) is 2.17. The van der Waals surface area contributed by atoms with Gasteiger partial charge in [-0.15, -0.1) is 0 Å². The van der Waals surface area contributed by atoms with E-state index in [0.29, 0.717) is 15.4 Å². The Kier molecular flexibility index (Phi) is 4.97. The highest BCUT2D eigenvalue weighted by atomic mass is 79.9. The number of aromatic hydroxyl groups is 1. The molecule has 1 aliphatic heterocycles. The van der Waals surface area contributed by atoms with Gasteiger partial charge in [0.05, 0.1) is 24.9 Å². The molecule has 0 radical (unpaired) electrons. The first-order valence-electron chi connectivity index (χ1n) is 10.6. The summed E-state index contributed by atoms with van der Waals surface area (Å²) < 4.78 is 4.12. The highest BCUT2D eigenvalue weighted by molar-refractivity contribution is 9.11. The number of benzene rings is 2. The second kappa shape index (κ2) is 7.78. The summed E-state index contributed by atoms with van der Waals surface area (Å²) in [5.41, 5.74) is 5.41. The van der Waals surface area contributed by atoms with E-state index in [1.807, 2.05) is 41.9 Å². The third-order valence-electron chi connectivity index (χ3n) is 6.25. The number of hydrogen-bond donors (Lipinski definition) is 2. The number of carbonyl (C=O) groups excluding carboxylic acids is 1. The highest BCUT2D eigenvalue weighted by Crippen LogP contribution is 2.49. The van der Waals surface area contributed by atoms with Crippen molar-refractivity contribution in [3.63, 3.8) is 0 Å². The Morgan fingerprint density at radius 1 is 1.18 bits per heavy atom. The van der Waals surface area contributed by atoms with E-state index in [0.717, 1.165) is 62.1 Å². The fourth-order valence-corrected chi connectivity index (χ4v) is 6.94. The quantitative estimate of drug-likeness (QED) is 0.277. The predicted octanol–water partition coefficient (Wildman–Crippen LogP) is 6.59. The van der Waals surface area contributed by atoms with Crippen molar-refractivity contribution in [2.45, 2.75) is 32.1 Å². The molecule has 0 amide bonds. The molecule has 0 saturated heterocycles. The van der Waals surface area contributed by atoms with Gasteiger partial charge in [0, 0.05) is 29.2 Å². The lowest BCUT2D eigenvalue weighted by atomic mass is 9.76. The van der Waals surface area contributed by atoms with Crippen molar-refractivity contribution in [2.24, 2.45) is 0 Å². The molecular formula is C24H18Br2N4O2S. The first-order valence-corrected chi connectivity index (χ1v) is 13.0. The molecule has 0 spiro atoms. The van der Waals surface area contributed by atoms with Gasteiger partial charge < -0.3 is 10.4 Å². The van der Waals surface area contributed by atoms with E-state index < -0.39 is 0 Å². The van der Waals surface area contributed by atoms with Gasteiger partial charge in [-0.2, -0.15) is 9.78 Å². The number of para-hydroxylation sites is 1. The summed E-state index contributed by atoms with van der Waals surface area (Å²) in [6, 6.07) is 11.8. The van der Waals surface area contributed by atoms with E-state index in [-0.39, 0.29) is 17.5 Å². The maximum absolute atomic E-state index is 13.2. The zero-order valence-electron chi connectivity index (χ0n) is 17.5. The Labute approximate surface area is 210 Å². The minimum atomic E-state index is -0.277. The van der Waals surface area contributed by atoms with Crippen LogP contribution in [0.1, 0.15) is 42.0 Å². The van der Waals surface area contributed by atoms with Crippen molar-refractivity contribution in [3.05, 3.63) is 73.4 Å². The number of aromatic nitrogens is 3. The molecule has 2 N–H and O–H groups in total. The van der Waals surface area contributed by atoms with Gasteiger partial charge in [0.2, 0.25) is 5.13 Å². The number of hydrogen-bond acceptors (Lipinski definition) is 6. The highest BCUT2D eigenvalue weighted by Gasteiger charge is 2.39. The van der Waals surface area contributed by atoms with Crippen molar-refractivity contribution in [1.82, 2.24) is 14.8 Å². The first-order chi connectivity index (χ1) is 15.9. The molecule has 6 nitrogen and oxygen atoms in total. The molecule has 33 heavy (non-hydrogen) atoms. The van der Waals surface area contributed by atoms with Crippen LogP contribution in [0.5, 0.6) is 5.75 Å². The average molecular weight is 586 g/mol. The van der Waals surface area contributed by atoms with Gasteiger partial charge in [0.15, 0.2) is 5.78 Å². The van der Waals surface area contributed by atoms with Crippen LogP contribution in [0.15, 0.2) is 56.6 Å². The number of nitrogens with zero attached hydrogens (tertiary/aromatic N) is 3. The van der Waals surface area contributed by atoms with E-state index in [1.54, 1.807) is 11.3 Å². The molecule has 4 aromatic rings. The Morgan fingerprint density at radius 2 is 1.94 bits per heavy atom. The molecule has 0 unspecified atom stereocenters. The number of rotatable bonds is 2. The molecule has 1 aliphatic carbocycles. The van der Waals surface area contributed by atoms with Crippen LogP contribution in [0.25, 0.3) is 15.3 Å². The number of allylic oxidation sites excluding steroid dienone is 2. The van der Waals surface area contributed by atoms with Crippen LogP contribution in [-0.2, 0) is 4.79 Å². The molecule has 6 rings (SSSR count). The van der Waals surface area contributed by atoms with Crippen molar-refractivity contribution in [3.8, 4) is 10.9 Å². The molecule has 2 aromatic carbocycles. The molecule has 9 heteroatoms. The molecule has 3 heterocycles. The second-order valence-electron chi connectivity index (χ2n) is 8.28. The predicted molar refractivity (Wildman–Crippen MR) is 136 cm³/mol. The second-order valence-corrected chi connectivity index (χ2v) is 11.0. The zero-order chi connectivity index (χ0) is 22.9. The lowest BCUT2D eigenvalue weighted by molar-refractivity contribution is -0.116. The summed E-state index contributed by atoms with van der Waals surface area (Å²) >= 11 is 8.51. The number of nitrogens with one attached hydrogen (secondary N) is 1. The van der Waals surface area contributed by atoms with E-state index in [4.69, 9.17) is 10.1 Å². The Hall–Kier alpha value is -2.49. The fraction of sp³-hybridized carbons (Fsp3) is 0.208. The van der Waals surface area contributed by atoms with Gasteiger partial charge in [-0.05, 0) is 81.5 Å². The van der Waals surface area contributed by atoms with Crippen molar-refractivity contribution < 1.29 is 9.90 Å².